The van der Waals surface area contributed by atoms with Crippen molar-refractivity contribution in [3.8, 4) is 0 Å². The van der Waals surface area contributed by atoms with E-state index in [1.54, 1.807) is 7.05 Å². The van der Waals surface area contributed by atoms with Crippen molar-refractivity contribution >= 4 is 16.5 Å². The van der Waals surface area contributed by atoms with Gasteiger partial charge >= 0.3 is 4.87 Å². The Balaban J connectivity index is 3.01. The Morgan fingerprint density at radius 1 is 1.88 bits per heavy atom. The molecule has 0 saturated heterocycles. The second kappa shape index (κ2) is 1.95. The van der Waals surface area contributed by atoms with Gasteiger partial charge in [0.25, 0.3) is 0 Å². The molecular formula is C3H5N3OS. The monoisotopic (exact) mass is 131 g/mol. The van der Waals surface area contributed by atoms with E-state index >= 15 is 0 Å². The van der Waals surface area contributed by atoms with Gasteiger partial charge in [-0.25, -0.2) is 5.10 Å². The molecule has 0 aliphatic carbocycles. The number of aromatic nitrogens is 2. The summed E-state index contributed by atoms with van der Waals surface area (Å²) in [6.45, 7) is 0. The Morgan fingerprint density at radius 3 is 2.88 bits per heavy atom. The molecule has 0 radical (unpaired) electrons. The molecule has 0 bridgehead atoms. The highest BCUT2D eigenvalue weighted by Crippen LogP contribution is 1.99. The molecule has 1 aromatic rings. The first kappa shape index (κ1) is 5.30. The maximum atomic E-state index is 10.3. The normalized spacial score (nSPS) is 9.12. The molecule has 0 aliphatic rings. The molecule has 44 valence electrons. The van der Waals surface area contributed by atoms with E-state index in [1.807, 2.05) is 0 Å². The van der Waals surface area contributed by atoms with Gasteiger partial charge < -0.3 is 5.32 Å². The summed E-state index contributed by atoms with van der Waals surface area (Å²) in [6, 6.07) is 0. The predicted octanol–water partition coefficient (Wildman–Crippen LogP) is -0.127. The highest BCUT2D eigenvalue weighted by atomic mass is 32.1. The summed E-state index contributed by atoms with van der Waals surface area (Å²) in [7, 11) is 1.71. The number of anilines is 1. The van der Waals surface area contributed by atoms with E-state index in [-0.39, 0.29) is 4.87 Å². The van der Waals surface area contributed by atoms with E-state index in [2.05, 4.69) is 15.5 Å². The molecular weight excluding hydrogens is 126 g/mol. The minimum atomic E-state index is -0.130. The molecule has 0 spiro atoms. The third-order valence-electron chi connectivity index (χ3n) is 0.652. The molecule has 0 aliphatic heterocycles. The van der Waals surface area contributed by atoms with Crippen LogP contribution in [-0.2, 0) is 0 Å². The lowest BCUT2D eigenvalue weighted by molar-refractivity contribution is 1.06. The Morgan fingerprint density at radius 2 is 2.62 bits per heavy atom. The van der Waals surface area contributed by atoms with Gasteiger partial charge in [0.15, 0.2) is 0 Å². The van der Waals surface area contributed by atoms with Crippen molar-refractivity contribution in [2.24, 2.45) is 0 Å². The maximum absolute atomic E-state index is 10.3. The number of hydrogen-bond acceptors (Lipinski definition) is 4. The molecule has 0 unspecified atom stereocenters. The molecule has 0 amide bonds. The van der Waals surface area contributed by atoms with Crippen LogP contribution in [-0.4, -0.2) is 17.2 Å². The van der Waals surface area contributed by atoms with Crippen LogP contribution in [0.2, 0.25) is 0 Å². The summed E-state index contributed by atoms with van der Waals surface area (Å²) in [5.74, 6) is 0. The standard InChI is InChI=1S/C3H5N3OS/c1-4-2-5-6-3(7)8-2/h1H3,(H,4,5)(H,6,7). The molecule has 0 saturated carbocycles. The zero-order valence-corrected chi connectivity index (χ0v) is 5.08. The lowest BCUT2D eigenvalue weighted by Crippen LogP contribution is -1.90. The molecule has 1 rings (SSSR count). The average molecular weight is 131 g/mol. The minimum Gasteiger partial charge on any atom is -0.363 e. The molecule has 1 aromatic heterocycles. The number of hydrogen-bond donors (Lipinski definition) is 2. The Labute approximate surface area is 49.6 Å². The highest BCUT2D eigenvalue weighted by molar-refractivity contribution is 7.12. The van der Waals surface area contributed by atoms with E-state index in [4.69, 9.17) is 0 Å². The summed E-state index contributed by atoms with van der Waals surface area (Å²) in [5.41, 5.74) is 0. The first-order valence-electron chi connectivity index (χ1n) is 2.06. The van der Waals surface area contributed by atoms with E-state index in [0.717, 1.165) is 11.3 Å². The summed E-state index contributed by atoms with van der Waals surface area (Å²) >= 11 is 1.05. The largest absolute Gasteiger partial charge is 0.363 e. The van der Waals surface area contributed by atoms with E-state index in [9.17, 15) is 4.79 Å². The predicted molar refractivity (Wildman–Crippen MR) is 32.3 cm³/mol. The molecule has 5 heteroatoms. The van der Waals surface area contributed by atoms with Gasteiger partial charge in [-0.2, -0.15) is 0 Å². The number of H-pyrrole nitrogens is 1. The topological polar surface area (TPSA) is 57.8 Å². The van der Waals surface area contributed by atoms with Crippen LogP contribution in [0.15, 0.2) is 4.79 Å². The summed E-state index contributed by atoms with van der Waals surface area (Å²) < 4.78 is 0. The first-order chi connectivity index (χ1) is 3.83. The van der Waals surface area contributed by atoms with Gasteiger partial charge in [-0.15, -0.1) is 5.10 Å². The van der Waals surface area contributed by atoms with Crippen molar-refractivity contribution in [2.45, 2.75) is 0 Å². The van der Waals surface area contributed by atoms with Crippen molar-refractivity contribution in [3.63, 3.8) is 0 Å². The summed E-state index contributed by atoms with van der Waals surface area (Å²) in [4.78, 5) is 10.2. The fourth-order valence-electron chi connectivity index (χ4n) is 0.337. The first-order valence-corrected chi connectivity index (χ1v) is 2.88. The Hall–Kier alpha value is -0.840. The number of aromatic amines is 1. The van der Waals surface area contributed by atoms with Crippen molar-refractivity contribution in [1.82, 2.24) is 10.2 Å². The van der Waals surface area contributed by atoms with Gasteiger partial charge in [0, 0.05) is 7.05 Å². The summed E-state index contributed by atoms with van der Waals surface area (Å²) in [5, 5.41) is 9.22. The number of nitrogens with one attached hydrogen (secondary N) is 2. The van der Waals surface area contributed by atoms with Gasteiger partial charge in [-0.1, -0.05) is 0 Å². The van der Waals surface area contributed by atoms with Crippen molar-refractivity contribution < 1.29 is 0 Å². The van der Waals surface area contributed by atoms with E-state index < -0.39 is 0 Å². The van der Waals surface area contributed by atoms with Crippen LogP contribution < -0.4 is 10.2 Å². The van der Waals surface area contributed by atoms with Crippen LogP contribution in [0, 0.1) is 0 Å². The van der Waals surface area contributed by atoms with Gasteiger partial charge in [-0.3, -0.25) is 4.79 Å². The molecule has 2 N–H and O–H groups in total. The molecule has 8 heavy (non-hydrogen) atoms. The quantitative estimate of drug-likeness (QED) is 0.558. The smallest absolute Gasteiger partial charge is 0.324 e. The maximum Gasteiger partial charge on any atom is 0.324 e. The van der Waals surface area contributed by atoms with Crippen LogP contribution in [0.5, 0.6) is 0 Å². The highest BCUT2D eigenvalue weighted by Gasteiger charge is 1.90. The second-order valence-electron chi connectivity index (χ2n) is 1.17. The van der Waals surface area contributed by atoms with Gasteiger partial charge in [0.2, 0.25) is 5.13 Å². The molecule has 0 atom stereocenters. The second-order valence-corrected chi connectivity index (χ2v) is 2.13. The number of rotatable bonds is 1. The zero-order chi connectivity index (χ0) is 5.98. The third kappa shape index (κ3) is 0.865. The fourth-order valence-corrected chi connectivity index (χ4v) is 0.797. The molecule has 1 heterocycles. The average Bonchev–Trinajstić information content (AvgIpc) is 2.14. The van der Waals surface area contributed by atoms with Crippen molar-refractivity contribution in [1.29, 1.82) is 0 Å². The van der Waals surface area contributed by atoms with Gasteiger partial charge in [0.05, 0.1) is 0 Å². The van der Waals surface area contributed by atoms with Crippen LogP contribution in [0.3, 0.4) is 0 Å². The minimum absolute atomic E-state index is 0.130. The lowest BCUT2D eigenvalue weighted by atomic mass is 11.1. The Bertz CT molecular complexity index is 214. The molecule has 0 aromatic carbocycles. The number of nitrogens with zero attached hydrogens (tertiary/aromatic N) is 1. The van der Waals surface area contributed by atoms with Crippen LogP contribution in [0.1, 0.15) is 0 Å². The van der Waals surface area contributed by atoms with Crippen LogP contribution >= 0.6 is 11.3 Å². The van der Waals surface area contributed by atoms with Crippen LogP contribution in [0.4, 0.5) is 5.13 Å². The lowest BCUT2D eigenvalue weighted by Gasteiger charge is -1.82. The zero-order valence-electron chi connectivity index (χ0n) is 4.26. The van der Waals surface area contributed by atoms with E-state index in [0.29, 0.717) is 5.13 Å². The third-order valence-corrected chi connectivity index (χ3v) is 1.42. The van der Waals surface area contributed by atoms with Crippen LogP contribution in [0.25, 0.3) is 0 Å². The van der Waals surface area contributed by atoms with Crippen molar-refractivity contribution in [3.05, 3.63) is 9.67 Å². The van der Waals surface area contributed by atoms with E-state index in [1.165, 1.54) is 0 Å². The summed E-state index contributed by atoms with van der Waals surface area (Å²) in [6.07, 6.45) is 0. The Kier molecular flexibility index (Phi) is 1.29. The molecule has 0 fully saturated rings. The molecule has 4 nitrogen and oxygen atoms in total. The SMILES string of the molecule is CNc1n[nH]c(=O)s1. The van der Waals surface area contributed by atoms with Gasteiger partial charge in [0.1, 0.15) is 0 Å². The van der Waals surface area contributed by atoms with Crippen molar-refractivity contribution in [2.75, 3.05) is 12.4 Å². The fraction of sp³-hybridized carbons (Fsp3) is 0.333. The van der Waals surface area contributed by atoms with Gasteiger partial charge in [-0.05, 0) is 11.3 Å².